The number of pyridine rings is 1. The molecule has 148 valence electrons. The van der Waals surface area contributed by atoms with Gasteiger partial charge in [0.25, 0.3) is 0 Å². The van der Waals surface area contributed by atoms with Crippen molar-refractivity contribution in [3.05, 3.63) is 66.4 Å². The topological polar surface area (TPSA) is 50.8 Å². The van der Waals surface area contributed by atoms with Gasteiger partial charge in [0.1, 0.15) is 17.1 Å². The molecule has 0 aliphatic rings. The van der Waals surface area contributed by atoms with Crippen molar-refractivity contribution in [1.82, 2.24) is 15.0 Å². The number of benzene rings is 2. The molecule has 4 nitrogen and oxygen atoms in total. The number of ether oxygens (including phenoxy) is 1. The lowest BCUT2D eigenvalue weighted by atomic mass is 10.0. The van der Waals surface area contributed by atoms with Crippen LogP contribution in [-0.4, -0.2) is 21.1 Å². The molecule has 4 rings (SSSR count). The number of aromatic nitrogens is 3. The fraction of sp³-hybridized carbons (Fsp3) is 0.182. The summed E-state index contributed by atoms with van der Waals surface area (Å²) in [6.07, 6.45) is -2.98. The van der Waals surface area contributed by atoms with Crippen molar-refractivity contribution < 1.29 is 17.9 Å². The van der Waals surface area contributed by atoms with Crippen LogP contribution in [0.5, 0.6) is 5.75 Å². The molecule has 1 N–H and O–H groups in total. The summed E-state index contributed by atoms with van der Waals surface area (Å²) in [7, 11) is 0. The van der Waals surface area contributed by atoms with Crippen LogP contribution in [0.2, 0.25) is 0 Å². The largest absolute Gasteiger partial charge is 0.491 e. The Balaban J connectivity index is 1.75. The Labute approximate surface area is 165 Å². The number of aromatic amines is 1. The van der Waals surface area contributed by atoms with Gasteiger partial charge in [-0.25, -0.2) is 9.97 Å². The van der Waals surface area contributed by atoms with Gasteiger partial charge in [0.05, 0.1) is 11.7 Å². The van der Waals surface area contributed by atoms with Crippen molar-refractivity contribution in [2.75, 3.05) is 0 Å². The maximum Gasteiger partial charge on any atom is 0.417 e. The van der Waals surface area contributed by atoms with Crippen molar-refractivity contribution in [1.29, 1.82) is 0 Å². The highest BCUT2D eigenvalue weighted by Crippen LogP contribution is 2.37. The van der Waals surface area contributed by atoms with Gasteiger partial charge in [-0.2, -0.15) is 13.2 Å². The van der Waals surface area contributed by atoms with Crippen LogP contribution in [0, 0.1) is 0 Å². The molecule has 0 radical (unpaired) electrons. The fourth-order valence-electron chi connectivity index (χ4n) is 3.15. The molecule has 4 aromatic rings. The average molecular weight is 397 g/mol. The van der Waals surface area contributed by atoms with Gasteiger partial charge in [-0.1, -0.05) is 30.3 Å². The molecule has 0 unspecified atom stereocenters. The zero-order valence-corrected chi connectivity index (χ0v) is 15.8. The van der Waals surface area contributed by atoms with E-state index >= 15 is 0 Å². The minimum Gasteiger partial charge on any atom is -0.491 e. The molecular formula is C22H18F3N3O. The summed E-state index contributed by atoms with van der Waals surface area (Å²) in [4.78, 5) is 11.9. The van der Waals surface area contributed by atoms with Crippen molar-refractivity contribution in [2.24, 2.45) is 0 Å². The van der Waals surface area contributed by atoms with Crippen LogP contribution in [0.3, 0.4) is 0 Å². The van der Waals surface area contributed by atoms with Crippen LogP contribution >= 0.6 is 0 Å². The standard InChI is InChI=1S/C22H18F3N3O/c1-13(2)29-16-7-5-6-14(10-16)20-27-19-11-15(12-26-21(19)28-20)17-8-3-4-9-18(17)22(23,24)25/h3-13H,1-2H3,(H,26,27,28). The summed E-state index contributed by atoms with van der Waals surface area (Å²) in [5.41, 5.74) is 1.54. The smallest absolute Gasteiger partial charge is 0.417 e. The molecule has 0 saturated heterocycles. The molecule has 0 aliphatic carbocycles. The summed E-state index contributed by atoms with van der Waals surface area (Å²) in [6.45, 7) is 3.89. The van der Waals surface area contributed by atoms with E-state index in [9.17, 15) is 13.2 Å². The first kappa shape index (κ1) is 19.0. The number of fused-ring (bicyclic) bond motifs is 1. The summed E-state index contributed by atoms with van der Waals surface area (Å²) < 4.78 is 45.8. The van der Waals surface area contributed by atoms with Crippen LogP contribution in [0.15, 0.2) is 60.8 Å². The Bertz CT molecular complexity index is 1170. The van der Waals surface area contributed by atoms with E-state index in [0.717, 1.165) is 11.6 Å². The Morgan fingerprint density at radius 2 is 1.76 bits per heavy atom. The lowest BCUT2D eigenvalue weighted by Crippen LogP contribution is -2.06. The third kappa shape index (κ3) is 3.94. The number of alkyl halides is 3. The molecule has 2 aromatic carbocycles. The molecule has 0 bridgehead atoms. The van der Waals surface area contributed by atoms with E-state index in [1.807, 2.05) is 38.1 Å². The molecule has 7 heteroatoms. The number of hydrogen-bond acceptors (Lipinski definition) is 3. The lowest BCUT2D eigenvalue weighted by molar-refractivity contribution is -0.137. The molecule has 29 heavy (non-hydrogen) atoms. The lowest BCUT2D eigenvalue weighted by Gasteiger charge is -2.12. The predicted molar refractivity (Wildman–Crippen MR) is 106 cm³/mol. The maximum absolute atomic E-state index is 13.3. The van der Waals surface area contributed by atoms with Gasteiger partial charge in [-0.15, -0.1) is 0 Å². The number of H-pyrrole nitrogens is 1. The highest BCUT2D eigenvalue weighted by Gasteiger charge is 2.33. The second kappa shape index (κ2) is 7.24. The first-order valence-electron chi connectivity index (χ1n) is 9.11. The number of imidazole rings is 1. The predicted octanol–water partition coefficient (Wildman–Crippen LogP) is 6.10. The molecule has 0 atom stereocenters. The molecule has 0 saturated carbocycles. The summed E-state index contributed by atoms with van der Waals surface area (Å²) in [5, 5.41) is 0. The van der Waals surface area contributed by atoms with Crippen molar-refractivity contribution >= 4 is 11.2 Å². The minimum absolute atomic E-state index is 0.0406. The van der Waals surface area contributed by atoms with Crippen LogP contribution in [0.4, 0.5) is 13.2 Å². The van der Waals surface area contributed by atoms with Gasteiger partial charge < -0.3 is 9.72 Å². The van der Waals surface area contributed by atoms with Gasteiger partial charge in [-0.05, 0) is 43.7 Å². The molecule has 2 heterocycles. The van der Waals surface area contributed by atoms with E-state index in [2.05, 4.69) is 15.0 Å². The van der Waals surface area contributed by atoms with E-state index in [4.69, 9.17) is 4.74 Å². The van der Waals surface area contributed by atoms with Crippen LogP contribution < -0.4 is 4.74 Å². The second-order valence-electron chi connectivity index (χ2n) is 6.91. The molecule has 0 fully saturated rings. The van der Waals surface area contributed by atoms with Crippen molar-refractivity contribution in [2.45, 2.75) is 26.1 Å². The number of hydrogen-bond donors (Lipinski definition) is 1. The first-order valence-corrected chi connectivity index (χ1v) is 9.11. The van der Waals surface area contributed by atoms with Crippen LogP contribution in [0.1, 0.15) is 19.4 Å². The third-order valence-electron chi connectivity index (χ3n) is 4.36. The van der Waals surface area contributed by atoms with E-state index in [0.29, 0.717) is 28.3 Å². The van der Waals surface area contributed by atoms with Gasteiger partial charge in [0, 0.05) is 17.3 Å². The Morgan fingerprint density at radius 3 is 2.52 bits per heavy atom. The SMILES string of the molecule is CC(C)Oc1cccc(-c2nc3cc(-c4ccccc4C(F)(F)F)cnc3[nH]2)c1. The zero-order chi connectivity index (χ0) is 20.6. The van der Waals surface area contributed by atoms with Crippen molar-refractivity contribution in [3.8, 4) is 28.3 Å². The fourth-order valence-corrected chi connectivity index (χ4v) is 3.15. The van der Waals surface area contributed by atoms with Gasteiger partial charge in [0.15, 0.2) is 5.65 Å². The Hall–Kier alpha value is -3.35. The molecule has 2 aromatic heterocycles. The monoisotopic (exact) mass is 397 g/mol. The highest BCUT2D eigenvalue weighted by molar-refractivity contribution is 5.82. The number of rotatable bonds is 4. The van der Waals surface area contributed by atoms with Crippen LogP contribution in [-0.2, 0) is 6.18 Å². The average Bonchev–Trinajstić information content (AvgIpc) is 3.10. The Morgan fingerprint density at radius 1 is 0.966 bits per heavy atom. The van der Waals surface area contributed by atoms with Crippen LogP contribution in [0.25, 0.3) is 33.7 Å². The molecule has 0 aliphatic heterocycles. The number of nitrogens with zero attached hydrogens (tertiary/aromatic N) is 2. The van der Waals surface area contributed by atoms with Gasteiger partial charge in [0.2, 0.25) is 0 Å². The van der Waals surface area contributed by atoms with Crippen molar-refractivity contribution in [3.63, 3.8) is 0 Å². The molecule has 0 spiro atoms. The first-order chi connectivity index (χ1) is 13.8. The maximum atomic E-state index is 13.3. The molecule has 0 amide bonds. The van der Waals surface area contributed by atoms with E-state index in [1.54, 1.807) is 12.1 Å². The Kier molecular flexibility index (Phi) is 4.74. The summed E-state index contributed by atoms with van der Waals surface area (Å²) in [6, 6.07) is 14.5. The third-order valence-corrected chi connectivity index (χ3v) is 4.36. The number of halogens is 3. The van der Waals surface area contributed by atoms with E-state index in [1.165, 1.54) is 18.3 Å². The summed E-state index contributed by atoms with van der Waals surface area (Å²) in [5.74, 6) is 1.29. The normalized spacial score (nSPS) is 11.9. The second-order valence-corrected chi connectivity index (χ2v) is 6.91. The summed E-state index contributed by atoms with van der Waals surface area (Å²) >= 11 is 0. The molecular weight excluding hydrogens is 379 g/mol. The quantitative estimate of drug-likeness (QED) is 0.453. The van der Waals surface area contributed by atoms with Gasteiger partial charge >= 0.3 is 6.18 Å². The van der Waals surface area contributed by atoms with E-state index < -0.39 is 11.7 Å². The zero-order valence-electron chi connectivity index (χ0n) is 15.8. The minimum atomic E-state index is -4.45. The van der Waals surface area contributed by atoms with E-state index in [-0.39, 0.29) is 11.7 Å². The van der Waals surface area contributed by atoms with Gasteiger partial charge in [-0.3, -0.25) is 0 Å². The number of nitrogens with one attached hydrogen (secondary N) is 1. The highest BCUT2D eigenvalue weighted by atomic mass is 19.4.